The molecule has 3 aliphatic rings. The Morgan fingerprint density at radius 1 is 1.12 bits per heavy atom. The van der Waals surface area contributed by atoms with Crippen molar-refractivity contribution in [2.75, 3.05) is 5.73 Å². The molecule has 1 fully saturated rings. The van der Waals surface area contributed by atoms with Crippen molar-refractivity contribution in [2.24, 2.45) is 10.9 Å². The van der Waals surface area contributed by atoms with E-state index in [9.17, 15) is 18.0 Å². The molecular weight excluding hydrogens is 465 g/mol. The molecule has 4 heterocycles. The number of aromatic nitrogens is 2. The molecular formula is C25H18ClF3N4O. The van der Waals surface area contributed by atoms with Gasteiger partial charge in [0, 0.05) is 52.2 Å². The topological polar surface area (TPSA) is 73.3 Å². The van der Waals surface area contributed by atoms with E-state index in [0.717, 1.165) is 17.8 Å². The summed E-state index contributed by atoms with van der Waals surface area (Å²) < 4.78 is 43.3. The van der Waals surface area contributed by atoms with E-state index in [-0.39, 0.29) is 40.4 Å². The SMILES string of the molecule is Nc1ccc(C2=CN=C([C@@H]3[C@H]4C[C@H]4c4cc(-c5cc(Cl)ccc5C(F)F)cc(=O)n43)C2)c(F)n1. The Hall–Kier alpha value is -3.39. The first kappa shape index (κ1) is 21.2. The summed E-state index contributed by atoms with van der Waals surface area (Å²) in [5.74, 6) is -0.188. The fourth-order valence-corrected chi connectivity index (χ4v) is 5.45. The highest BCUT2D eigenvalue weighted by molar-refractivity contribution is 6.30. The number of nitrogen functional groups attached to an aromatic ring is 1. The predicted molar refractivity (Wildman–Crippen MR) is 125 cm³/mol. The van der Waals surface area contributed by atoms with E-state index in [1.165, 1.54) is 30.3 Å². The Balaban J connectivity index is 1.35. The summed E-state index contributed by atoms with van der Waals surface area (Å²) in [6.07, 6.45) is 0.205. The molecule has 0 unspecified atom stereocenters. The lowest BCUT2D eigenvalue weighted by atomic mass is 9.98. The van der Waals surface area contributed by atoms with E-state index in [0.29, 0.717) is 28.1 Å². The minimum atomic E-state index is -2.69. The molecule has 0 spiro atoms. The second-order valence-corrected chi connectivity index (χ2v) is 9.32. The lowest BCUT2D eigenvalue weighted by Crippen LogP contribution is -2.29. The summed E-state index contributed by atoms with van der Waals surface area (Å²) in [6.45, 7) is 0. The number of nitrogens with zero attached hydrogens (tertiary/aromatic N) is 3. The number of alkyl halides is 2. The fourth-order valence-electron chi connectivity index (χ4n) is 5.28. The van der Waals surface area contributed by atoms with Crippen LogP contribution in [0.15, 0.2) is 58.5 Å². The second kappa shape index (κ2) is 7.56. The highest BCUT2D eigenvalue weighted by Crippen LogP contribution is 2.60. The van der Waals surface area contributed by atoms with Crippen LogP contribution >= 0.6 is 11.6 Å². The van der Waals surface area contributed by atoms with Crippen molar-refractivity contribution in [1.29, 1.82) is 0 Å². The normalized spacial score (nSPS) is 22.4. The summed E-state index contributed by atoms with van der Waals surface area (Å²) >= 11 is 6.07. The number of hydrogen-bond acceptors (Lipinski definition) is 4. The number of nitrogens with two attached hydrogens (primary N) is 1. The first-order valence-electron chi connectivity index (χ1n) is 10.8. The first-order chi connectivity index (χ1) is 16.3. The molecule has 0 saturated heterocycles. The standard InChI is InChI=1S/C25H18ClF3N4O/c26-13-1-2-15(24(27)28)16(8-13)11-6-20-17-9-18(17)23(33(20)22(34)7-11)19-5-12(10-31-19)14-3-4-21(30)32-25(14)29/h1-4,6-8,10,17-18,23-24H,5,9H2,(H2,30,32)/t17-,18+,23+/m1/s1. The van der Waals surface area contributed by atoms with Gasteiger partial charge in [0.05, 0.1) is 6.04 Å². The van der Waals surface area contributed by atoms with Crippen LogP contribution in [0.2, 0.25) is 5.02 Å². The molecule has 0 bridgehead atoms. The number of rotatable bonds is 4. The van der Waals surface area contributed by atoms with Gasteiger partial charge in [0.25, 0.3) is 12.0 Å². The Morgan fingerprint density at radius 2 is 1.94 bits per heavy atom. The molecule has 1 aliphatic carbocycles. The quantitative estimate of drug-likeness (QED) is 0.480. The van der Waals surface area contributed by atoms with Gasteiger partial charge in [0.1, 0.15) is 5.82 Å². The van der Waals surface area contributed by atoms with Gasteiger partial charge in [-0.15, -0.1) is 0 Å². The number of allylic oxidation sites excluding steroid dienone is 1. The van der Waals surface area contributed by atoms with Gasteiger partial charge in [-0.3, -0.25) is 9.79 Å². The summed E-state index contributed by atoms with van der Waals surface area (Å²) in [6, 6.07) is 10.3. The molecule has 2 aliphatic heterocycles. The van der Waals surface area contributed by atoms with Gasteiger partial charge in [-0.2, -0.15) is 4.39 Å². The predicted octanol–water partition coefficient (Wildman–Crippen LogP) is 5.77. The van der Waals surface area contributed by atoms with E-state index in [1.54, 1.807) is 16.8 Å². The zero-order valence-electron chi connectivity index (χ0n) is 17.7. The Kier molecular flexibility index (Phi) is 4.71. The fraction of sp³-hybridized carbons (Fsp3) is 0.240. The minimum Gasteiger partial charge on any atom is -0.384 e. The van der Waals surface area contributed by atoms with E-state index >= 15 is 0 Å². The molecule has 34 heavy (non-hydrogen) atoms. The molecule has 2 N–H and O–H groups in total. The van der Waals surface area contributed by atoms with Crippen LogP contribution in [0.4, 0.5) is 19.0 Å². The van der Waals surface area contributed by atoms with Gasteiger partial charge in [-0.25, -0.2) is 13.8 Å². The van der Waals surface area contributed by atoms with Crippen molar-refractivity contribution >= 4 is 28.7 Å². The van der Waals surface area contributed by atoms with Crippen LogP contribution in [0, 0.1) is 11.9 Å². The van der Waals surface area contributed by atoms with Crippen molar-refractivity contribution < 1.29 is 13.2 Å². The van der Waals surface area contributed by atoms with E-state index in [1.807, 2.05) is 6.07 Å². The van der Waals surface area contributed by atoms with E-state index in [2.05, 4.69) is 9.98 Å². The number of anilines is 1. The zero-order valence-corrected chi connectivity index (χ0v) is 18.4. The Labute approximate surface area is 197 Å². The van der Waals surface area contributed by atoms with Crippen molar-refractivity contribution in [3.05, 3.63) is 86.8 Å². The Bertz CT molecular complexity index is 1480. The number of halogens is 4. The number of fused-ring (bicyclic) bond motifs is 3. The van der Waals surface area contributed by atoms with Crippen LogP contribution in [0.5, 0.6) is 0 Å². The van der Waals surface area contributed by atoms with E-state index < -0.39 is 12.4 Å². The van der Waals surface area contributed by atoms with Crippen LogP contribution in [-0.4, -0.2) is 15.3 Å². The van der Waals surface area contributed by atoms with Crippen LogP contribution < -0.4 is 11.3 Å². The number of benzene rings is 1. The van der Waals surface area contributed by atoms with Crippen molar-refractivity contribution in [2.45, 2.75) is 31.2 Å². The molecule has 3 aromatic rings. The number of pyridine rings is 2. The molecule has 6 rings (SSSR count). The molecule has 1 aromatic carbocycles. The van der Waals surface area contributed by atoms with Gasteiger partial charge < -0.3 is 10.3 Å². The van der Waals surface area contributed by atoms with Crippen LogP contribution in [0.3, 0.4) is 0 Å². The third kappa shape index (κ3) is 3.27. The summed E-state index contributed by atoms with van der Waals surface area (Å²) in [5.41, 5.74) is 8.41. The molecule has 1 saturated carbocycles. The first-order valence-corrected chi connectivity index (χ1v) is 11.2. The van der Waals surface area contributed by atoms with Crippen molar-refractivity contribution in [1.82, 2.24) is 9.55 Å². The lowest BCUT2D eigenvalue weighted by molar-refractivity contribution is 0.152. The number of hydrogen-bond donors (Lipinski definition) is 1. The summed E-state index contributed by atoms with van der Waals surface area (Å²) in [7, 11) is 0. The maximum absolute atomic E-state index is 14.3. The summed E-state index contributed by atoms with van der Waals surface area (Å²) in [5, 5.41) is 0.325. The van der Waals surface area contributed by atoms with Gasteiger partial charge >= 0.3 is 0 Å². The maximum atomic E-state index is 14.3. The molecule has 2 aromatic heterocycles. The molecule has 0 amide bonds. The largest absolute Gasteiger partial charge is 0.384 e. The highest BCUT2D eigenvalue weighted by atomic mass is 35.5. The average Bonchev–Trinajstić information content (AvgIpc) is 3.29. The summed E-state index contributed by atoms with van der Waals surface area (Å²) in [4.78, 5) is 21.5. The molecule has 5 nitrogen and oxygen atoms in total. The van der Waals surface area contributed by atoms with Crippen LogP contribution in [0.25, 0.3) is 16.7 Å². The van der Waals surface area contributed by atoms with Gasteiger partial charge in [-0.1, -0.05) is 17.7 Å². The third-order valence-corrected chi connectivity index (χ3v) is 7.11. The highest BCUT2D eigenvalue weighted by Gasteiger charge is 2.54. The van der Waals surface area contributed by atoms with Crippen LogP contribution in [-0.2, 0) is 0 Å². The van der Waals surface area contributed by atoms with Gasteiger partial charge in [0.2, 0.25) is 5.95 Å². The average molecular weight is 483 g/mol. The minimum absolute atomic E-state index is 0.101. The molecule has 9 heteroatoms. The monoisotopic (exact) mass is 482 g/mol. The smallest absolute Gasteiger partial charge is 0.264 e. The van der Waals surface area contributed by atoms with Crippen molar-refractivity contribution in [3.8, 4) is 11.1 Å². The molecule has 172 valence electrons. The lowest BCUT2D eigenvalue weighted by Gasteiger charge is -2.20. The van der Waals surface area contributed by atoms with Crippen molar-refractivity contribution in [3.63, 3.8) is 0 Å². The van der Waals surface area contributed by atoms with Crippen LogP contribution in [0.1, 0.15) is 48.0 Å². The second-order valence-electron chi connectivity index (χ2n) is 8.89. The van der Waals surface area contributed by atoms with E-state index in [4.69, 9.17) is 17.3 Å². The molecule has 3 atom stereocenters. The maximum Gasteiger partial charge on any atom is 0.264 e. The molecule has 0 radical (unpaired) electrons. The zero-order chi connectivity index (χ0) is 23.7. The Morgan fingerprint density at radius 3 is 2.71 bits per heavy atom. The van der Waals surface area contributed by atoms with Gasteiger partial charge in [0.15, 0.2) is 0 Å². The number of aliphatic imine (C=N–C) groups is 1. The third-order valence-electron chi connectivity index (χ3n) is 6.88. The van der Waals surface area contributed by atoms with Gasteiger partial charge in [-0.05, 0) is 59.4 Å².